The topological polar surface area (TPSA) is 3.24 Å². The molecule has 0 radical (unpaired) electrons. The number of nitrogens with zero attached hydrogens (tertiary/aromatic N) is 1. The first-order valence-corrected chi connectivity index (χ1v) is 11.9. The third kappa shape index (κ3) is 4.41. The van der Waals surface area contributed by atoms with Crippen LogP contribution in [0.25, 0.3) is 0 Å². The first kappa shape index (κ1) is 9.91. The van der Waals surface area contributed by atoms with Crippen molar-refractivity contribution < 1.29 is 0 Å². The van der Waals surface area contributed by atoms with E-state index in [1.54, 1.807) is 25.4 Å². The van der Waals surface area contributed by atoms with Gasteiger partial charge in [0.2, 0.25) is 0 Å². The molecule has 64 valence electrons. The minimum atomic E-state index is -0.875. The molecule has 2 heteroatoms. The molecule has 0 unspecified atom stereocenters. The van der Waals surface area contributed by atoms with Gasteiger partial charge in [0.1, 0.15) is 0 Å². The second kappa shape index (κ2) is 5.47. The molecule has 0 N–H and O–H groups in total. The van der Waals surface area contributed by atoms with E-state index in [-0.39, 0.29) is 0 Å². The van der Waals surface area contributed by atoms with Crippen LogP contribution in [0.1, 0.15) is 19.3 Å². The molecule has 0 spiro atoms. The summed E-state index contributed by atoms with van der Waals surface area (Å²) in [6.45, 7) is 1.38. The van der Waals surface area contributed by atoms with Crippen LogP contribution in [0, 0.1) is 0 Å². The van der Waals surface area contributed by atoms with Gasteiger partial charge in [-0.05, 0) is 0 Å². The zero-order valence-electron chi connectivity index (χ0n) is 7.97. The van der Waals surface area contributed by atoms with E-state index in [1.807, 2.05) is 0 Å². The fraction of sp³-hybridized carbons (Fsp3) is 1.00. The molecule has 0 bridgehead atoms. The van der Waals surface area contributed by atoms with Gasteiger partial charge >= 0.3 is 78.8 Å². The van der Waals surface area contributed by atoms with Crippen LogP contribution < -0.4 is 0 Å². The Morgan fingerprint density at radius 2 is 1.73 bits per heavy atom. The third-order valence-electron chi connectivity index (χ3n) is 2.71. The third-order valence-corrected chi connectivity index (χ3v) is 12.8. The van der Waals surface area contributed by atoms with Gasteiger partial charge < -0.3 is 0 Å². The Bertz CT molecular complexity index is 97.7. The van der Waals surface area contributed by atoms with E-state index in [9.17, 15) is 0 Å². The van der Waals surface area contributed by atoms with Crippen molar-refractivity contribution in [1.82, 2.24) is 4.90 Å². The van der Waals surface area contributed by atoms with E-state index in [2.05, 4.69) is 19.0 Å². The Balaban J connectivity index is 2.05. The van der Waals surface area contributed by atoms with Gasteiger partial charge in [-0.1, -0.05) is 0 Å². The van der Waals surface area contributed by atoms with Gasteiger partial charge in [0.25, 0.3) is 0 Å². The van der Waals surface area contributed by atoms with Gasteiger partial charge in [0.05, 0.1) is 0 Å². The van der Waals surface area contributed by atoms with Crippen molar-refractivity contribution >= 4 is 21.4 Å². The normalized spacial score (nSPS) is 19.4. The fourth-order valence-corrected chi connectivity index (χ4v) is 11.8. The molecule has 1 aliphatic rings. The predicted octanol–water partition coefficient (Wildman–Crippen LogP) is 2.23. The van der Waals surface area contributed by atoms with Gasteiger partial charge in [-0.15, -0.1) is 0 Å². The molecule has 0 aliphatic carbocycles. The SMILES string of the molecule is CN(C)C[CH2][In]1[CH2]CCC[CH2]1. The molecule has 0 atom stereocenters. The van der Waals surface area contributed by atoms with E-state index in [1.165, 1.54) is 13.0 Å². The molecule has 1 nitrogen and oxygen atoms in total. The average molecular weight is 257 g/mol. The van der Waals surface area contributed by atoms with Crippen molar-refractivity contribution in [3.05, 3.63) is 0 Å². The van der Waals surface area contributed by atoms with Crippen molar-refractivity contribution in [2.45, 2.75) is 31.8 Å². The van der Waals surface area contributed by atoms with Crippen LogP contribution in [-0.4, -0.2) is 47.0 Å². The molecule has 1 heterocycles. The maximum absolute atomic E-state index is 2.35. The van der Waals surface area contributed by atoms with E-state index >= 15 is 0 Å². The summed E-state index contributed by atoms with van der Waals surface area (Å²) in [7, 11) is 4.41. The van der Waals surface area contributed by atoms with Gasteiger partial charge in [0.15, 0.2) is 0 Å². The Morgan fingerprint density at radius 3 is 2.27 bits per heavy atom. The van der Waals surface area contributed by atoms with Crippen LogP contribution in [0.5, 0.6) is 0 Å². The van der Waals surface area contributed by atoms with Gasteiger partial charge in [-0.25, -0.2) is 0 Å². The van der Waals surface area contributed by atoms with Crippen LogP contribution in [-0.2, 0) is 0 Å². The van der Waals surface area contributed by atoms with Crippen molar-refractivity contribution in [2.75, 3.05) is 20.6 Å². The molecule has 1 aliphatic heterocycles. The quantitative estimate of drug-likeness (QED) is 0.749. The summed E-state index contributed by atoms with van der Waals surface area (Å²) in [5.41, 5.74) is 0. The number of hydrogen-bond donors (Lipinski definition) is 0. The first-order chi connectivity index (χ1) is 5.29. The van der Waals surface area contributed by atoms with Crippen molar-refractivity contribution in [1.29, 1.82) is 0 Å². The second-order valence-electron chi connectivity index (χ2n) is 4.10. The van der Waals surface area contributed by atoms with Gasteiger partial charge in [-0.3, -0.25) is 0 Å². The molecule has 1 fully saturated rings. The van der Waals surface area contributed by atoms with Crippen molar-refractivity contribution in [2.24, 2.45) is 0 Å². The maximum atomic E-state index is 2.35. The Kier molecular flexibility index (Phi) is 4.93. The molecule has 1 rings (SSSR count). The molecule has 0 amide bonds. The predicted molar refractivity (Wildman–Crippen MR) is 52.6 cm³/mol. The fourth-order valence-electron chi connectivity index (χ4n) is 1.92. The van der Waals surface area contributed by atoms with E-state index in [0.29, 0.717) is 0 Å². The van der Waals surface area contributed by atoms with Crippen LogP contribution in [0.2, 0.25) is 12.5 Å². The van der Waals surface area contributed by atoms with Crippen molar-refractivity contribution in [3.8, 4) is 0 Å². The molecule has 0 aromatic rings. The monoisotopic (exact) mass is 257 g/mol. The second-order valence-corrected chi connectivity index (χ2v) is 14.0. The zero-order chi connectivity index (χ0) is 8.10. The van der Waals surface area contributed by atoms with Crippen molar-refractivity contribution in [3.63, 3.8) is 0 Å². The Morgan fingerprint density at radius 1 is 1.09 bits per heavy atom. The number of hydrogen-bond acceptors (Lipinski definition) is 1. The summed E-state index contributed by atoms with van der Waals surface area (Å²) in [6, 6.07) is 0. The standard InChI is InChI=1S/C5H10.C4H10N.In/c1-3-5-4-2;1-4-5(2)3;/h1-5H2;1,4H2,2-3H3;. The van der Waals surface area contributed by atoms with Crippen LogP contribution in [0.15, 0.2) is 0 Å². The van der Waals surface area contributed by atoms with Gasteiger partial charge in [-0.2, -0.15) is 0 Å². The van der Waals surface area contributed by atoms with Crippen LogP contribution in [0.3, 0.4) is 0 Å². The minimum absolute atomic E-state index is 0.875. The molecule has 0 aromatic carbocycles. The summed E-state index contributed by atoms with van der Waals surface area (Å²) in [4.78, 5) is 2.35. The Labute approximate surface area is 78.7 Å². The molecule has 11 heavy (non-hydrogen) atoms. The number of rotatable bonds is 3. The molecule has 0 aromatic heterocycles. The van der Waals surface area contributed by atoms with E-state index < -0.39 is 21.4 Å². The van der Waals surface area contributed by atoms with E-state index in [0.717, 1.165) is 0 Å². The van der Waals surface area contributed by atoms with Crippen LogP contribution in [0.4, 0.5) is 0 Å². The average Bonchev–Trinajstić information content (AvgIpc) is 2.03. The summed E-state index contributed by atoms with van der Waals surface area (Å²) in [5, 5.41) is 0. The summed E-state index contributed by atoms with van der Waals surface area (Å²) in [5.74, 6) is 0. The molecule has 1 saturated heterocycles. The molecular weight excluding hydrogens is 237 g/mol. The molecule has 0 saturated carbocycles. The molecular formula is C9H20InN. The summed E-state index contributed by atoms with van der Waals surface area (Å²) in [6.07, 6.45) is 4.69. The summed E-state index contributed by atoms with van der Waals surface area (Å²) < 4.78 is 5.04. The zero-order valence-corrected chi connectivity index (χ0v) is 11.3. The van der Waals surface area contributed by atoms with Gasteiger partial charge in [0, 0.05) is 0 Å². The van der Waals surface area contributed by atoms with E-state index in [4.69, 9.17) is 0 Å². The summed E-state index contributed by atoms with van der Waals surface area (Å²) >= 11 is -0.875. The van der Waals surface area contributed by atoms with Crippen LogP contribution >= 0.6 is 0 Å². The first-order valence-electron chi connectivity index (χ1n) is 4.94. The Hall–Kier alpha value is 0.830.